The van der Waals surface area contributed by atoms with Crippen LogP contribution in [-0.4, -0.2) is 32.6 Å². The van der Waals surface area contributed by atoms with Crippen LogP contribution in [0.15, 0.2) is 0 Å². The molecular formula is C9H15N5O3. The Hall–Kier alpha value is -1.96. The van der Waals surface area contributed by atoms with Crippen LogP contribution in [0, 0.1) is 17.0 Å². The third-order valence-electron chi connectivity index (χ3n) is 2.31. The number of anilines is 2. The fourth-order valence-corrected chi connectivity index (χ4v) is 1.38. The van der Waals surface area contributed by atoms with Gasteiger partial charge in [0, 0.05) is 0 Å². The second-order valence-electron chi connectivity index (χ2n) is 3.55. The van der Waals surface area contributed by atoms with Crippen LogP contribution >= 0.6 is 0 Å². The van der Waals surface area contributed by atoms with Gasteiger partial charge in [0.2, 0.25) is 11.8 Å². The highest BCUT2D eigenvalue weighted by Crippen LogP contribution is 2.26. The van der Waals surface area contributed by atoms with E-state index in [4.69, 9.17) is 10.8 Å². The minimum Gasteiger partial charge on any atom is -0.394 e. The van der Waals surface area contributed by atoms with E-state index >= 15 is 0 Å². The number of rotatable bonds is 5. The lowest BCUT2D eigenvalue weighted by molar-refractivity contribution is -0.385. The molecule has 0 radical (unpaired) electrons. The molecule has 0 aliphatic heterocycles. The highest BCUT2D eigenvalue weighted by Gasteiger charge is 2.22. The van der Waals surface area contributed by atoms with Gasteiger partial charge in [0.05, 0.1) is 17.6 Å². The lowest BCUT2D eigenvalue weighted by atomic mass is 10.2. The number of hydrogen-bond donors (Lipinski definition) is 3. The molecule has 0 fully saturated rings. The maximum atomic E-state index is 10.9. The van der Waals surface area contributed by atoms with Gasteiger partial charge in [0.25, 0.3) is 0 Å². The number of aliphatic hydroxyl groups excluding tert-OH is 1. The Labute approximate surface area is 98.0 Å². The molecule has 8 heteroatoms. The van der Waals surface area contributed by atoms with Crippen LogP contribution in [0.3, 0.4) is 0 Å². The quantitative estimate of drug-likeness (QED) is 0.504. The van der Waals surface area contributed by atoms with E-state index < -0.39 is 4.92 Å². The third-order valence-corrected chi connectivity index (χ3v) is 2.31. The average molecular weight is 241 g/mol. The zero-order chi connectivity index (χ0) is 13.0. The molecule has 1 aromatic heterocycles. The molecule has 1 atom stereocenters. The molecule has 0 aromatic carbocycles. The summed E-state index contributed by atoms with van der Waals surface area (Å²) in [6.07, 6.45) is 0.608. The van der Waals surface area contributed by atoms with Crippen molar-refractivity contribution in [2.75, 3.05) is 17.7 Å². The molecule has 0 aliphatic carbocycles. The maximum Gasteiger partial charge on any atom is 0.332 e. The first-order chi connectivity index (χ1) is 7.99. The number of aromatic nitrogens is 2. The van der Waals surface area contributed by atoms with Gasteiger partial charge in [0.15, 0.2) is 0 Å². The summed E-state index contributed by atoms with van der Waals surface area (Å²) in [4.78, 5) is 17.9. The van der Waals surface area contributed by atoms with Gasteiger partial charge in [-0.3, -0.25) is 10.1 Å². The van der Waals surface area contributed by atoms with Crippen LogP contribution < -0.4 is 11.1 Å². The number of nitrogens with zero attached hydrogens (tertiary/aromatic N) is 3. The molecule has 17 heavy (non-hydrogen) atoms. The summed E-state index contributed by atoms with van der Waals surface area (Å²) in [6, 6.07) is -0.303. The number of nitrogen functional groups attached to an aromatic ring is 1. The van der Waals surface area contributed by atoms with Crippen molar-refractivity contribution in [3.8, 4) is 0 Å². The van der Waals surface area contributed by atoms with Crippen molar-refractivity contribution < 1.29 is 10.0 Å². The molecular weight excluding hydrogens is 226 g/mol. The van der Waals surface area contributed by atoms with E-state index in [1.807, 2.05) is 6.92 Å². The van der Waals surface area contributed by atoms with Crippen molar-refractivity contribution in [3.63, 3.8) is 0 Å². The van der Waals surface area contributed by atoms with Crippen LogP contribution in [0.5, 0.6) is 0 Å². The fraction of sp³-hybridized carbons (Fsp3) is 0.556. The van der Waals surface area contributed by atoms with E-state index in [2.05, 4.69) is 15.3 Å². The summed E-state index contributed by atoms with van der Waals surface area (Å²) in [5.74, 6) is 0.00397. The van der Waals surface area contributed by atoms with Crippen molar-refractivity contribution in [1.82, 2.24) is 9.97 Å². The van der Waals surface area contributed by atoms with E-state index in [0.29, 0.717) is 6.42 Å². The zero-order valence-electron chi connectivity index (χ0n) is 9.67. The largest absolute Gasteiger partial charge is 0.394 e. The van der Waals surface area contributed by atoms with Gasteiger partial charge in [-0.05, 0) is 13.3 Å². The SMILES string of the molecule is CCC(CO)Nc1nc(N)nc(C)c1[N+](=O)[O-]. The fourth-order valence-electron chi connectivity index (χ4n) is 1.38. The van der Waals surface area contributed by atoms with Crippen LogP contribution in [0.25, 0.3) is 0 Å². The minimum atomic E-state index is -0.568. The Kier molecular flexibility index (Phi) is 4.16. The second kappa shape index (κ2) is 5.39. The summed E-state index contributed by atoms with van der Waals surface area (Å²) in [7, 11) is 0. The van der Waals surface area contributed by atoms with E-state index in [9.17, 15) is 10.1 Å². The maximum absolute atomic E-state index is 10.9. The molecule has 0 saturated heterocycles. The highest BCUT2D eigenvalue weighted by atomic mass is 16.6. The van der Waals surface area contributed by atoms with E-state index in [0.717, 1.165) is 0 Å². The van der Waals surface area contributed by atoms with Gasteiger partial charge in [-0.25, -0.2) is 4.98 Å². The molecule has 0 bridgehead atoms. The second-order valence-corrected chi connectivity index (χ2v) is 3.55. The summed E-state index contributed by atoms with van der Waals surface area (Å²) >= 11 is 0. The Morgan fingerprint density at radius 3 is 2.71 bits per heavy atom. The monoisotopic (exact) mass is 241 g/mol. The normalized spacial score (nSPS) is 12.2. The van der Waals surface area contributed by atoms with E-state index in [1.165, 1.54) is 6.92 Å². The summed E-state index contributed by atoms with van der Waals surface area (Å²) in [5, 5.41) is 22.7. The van der Waals surface area contributed by atoms with Crippen LogP contribution in [0.4, 0.5) is 17.5 Å². The van der Waals surface area contributed by atoms with Crippen molar-refractivity contribution >= 4 is 17.5 Å². The number of aryl methyl sites for hydroxylation is 1. The smallest absolute Gasteiger partial charge is 0.332 e. The number of nitrogens with two attached hydrogens (primary N) is 1. The van der Waals surface area contributed by atoms with Gasteiger partial charge in [-0.15, -0.1) is 0 Å². The number of hydrogen-bond acceptors (Lipinski definition) is 7. The molecule has 0 spiro atoms. The highest BCUT2D eigenvalue weighted by molar-refractivity contribution is 5.60. The van der Waals surface area contributed by atoms with Crippen molar-refractivity contribution in [2.24, 2.45) is 0 Å². The first-order valence-electron chi connectivity index (χ1n) is 5.15. The van der Waals surface area contributed by atoms with Gasteiger partial charge < -0.3 is 16.2 Å². The molecule has 8 nitrogen and oxygen atoms in total. The Balaban J connectivity index is 3.16. The van der Waals surface area contributed by atoms with Crippen LogP contribution in [0.2, 0.25) is 0 Å². The summed E-state index contributed by atoms with van der Waals surface area (Å²) in [6.45, 7) is 3.19. The Morgan fingerprint density at radius 1 is 1.59 bits per heavy atom. The standard InChI is InChI=1S/C9H15N5O3/c1-3-6(4-15)12-8-7(14(16)17)5(2)11-9(10)13-8/h6,15H,3-4H2,1-2H3,(H3,10,11,12,13). The zero-order valence-corrected chi connectivity index (χ0v) is 9.67. The molecule has 4 N–H and O–H groups in total. The molecule has 0 aliphatic rings. The Bertz CT molecular complexity index is 419. The van der Waals surface area contributed by atoms with Crippen molar-refractivity contribution in [3.05, 3.63) is 15.8 Å². The molecule has 0 amide bonds. The Morgan fingerprint density at radius 2 is 2.24 bits per heavy atom. The first kappa shape index (κ1) is 13.1. The van der Waals surface area contributed by atoms with Crippen LogP contribution in [0.1, 0.15) is 19.0 Å². The molecule has 0 saturated carbocycles. The van der Waals surface area contributed by atoms with Crippen molar-refractivity contribution in [1.29, 1.82) is 0 Å². The predicted molar refractivity (Wildman–Crippen MR) is 62.6 cm³/mol. The first-order valence-corrected chi connectivity index (χ1v) is 5.15. The topological polar surface area (TPSA) is 127 Å². The average Bonchev–Trinajstić information content (AvgIpc) is 2.24. The summed E-state index contributed by atoms with van der Waals surface area (Å²) < 4.78 is 0. The summed E-state index contributed by atoms with van der Waals surface area (Å²) in [5.41, 5.74) is 5.42. The number of nitro groups is 1. The third kappa shape index (κ3) is 3.00. The van der Waals surface area contributed by atoms with E-state index in [1.54, 1.807) is 0 Å². The minimum absolute atomic E-state index is 0.0385. The van der Waals surface area contributed by atoms with E-state index in [-0.39, 0.29) is 35.8 Å². The van der Waals surface area contributed by atoms with Gasteiger partial charge in [0.1, 0.15) is 5.69 Å². The molecule has 1 rings (SSSR count). The van der Waals surface area contributed by atoms with Crippen LogP contribution in [-0.2, 0) is 0 Å². The lowest BCUT2D eigenvalue weighted by Gasteiger charge is -2.15. The molecule has 1 heterocycles. The number of aliphatic hydroxyl groups is 1. The number of nitrogens with one attached hydrogen (secondary N) is 1. The molecule has 1 aromatic rings. The van der Waals surface area contributed by atoms with Gasteiger partial charge in [-0.2, -0.15) is 4.98 Å². The molecule has 1 unspecified atom stereocenters. The van der Waals surface area contributed by atoms with Gasteiger partial charge in [-0.1, -0.05) is 6.92 Å². The predicted octanol–water partition coefficient (Wildman–Crippen LogP) is 0.458. The lowest BCUT2D eigenvalue weighted by Crippen LogP contribution is -2.24. The molecule has 94 valence electrons. The van der Waals surface area contributed by atoms with Crippen molar-refractivity contribution in [2.45, 2.75) is 26.3 Å². The van der Waals surface area contributed by atoms with Gasteiger partial charge >= 0.3 is 5.69 Å².